The molecule has 2 N–H and O–H groups in total. The van der Waals surface area contributed by atoms with Gasteiger partial charge in [0.1, 0.15) is 28.0 Å². The van der Waals surface area contributed by atoms with E-state index < -0.39 is 5.97 Å². The van der Waals surface area contributed by atoms with Gasteiger partial charge in [-0.3, -0.25) is 4.79 Å². The Labute approximate surface area is 335 Å². The highest BCUT2D eigenvalue weighted by Crippen LogP contribution is 2.34. The molecule has 3 aromatic carbocycles. The normalized spacial score (nSPS) is 15.7. The number of hydrogen-bond donors (Lipinski definition) is 2. The maximum atomic E-state index is 13.7. The zero-order valence-corrected chi connectivity index (χ0v) is 33.5. The summed E-state index contributed by atoms with van der Waals surface area (Å²) in [4.78, 5) is 31.9. The number of nitrogens with one attached hydrogen (secondary N) is 1. The molecule has 0 amide bonds. The molecule has 10 nitrogen and oxygen atoms in total. The minimum absolute atomic E-state index is 0.150. The largest absolute Gasteiger partial charge is 0.494 e. The third-order valence-corrected chi connectivity index (χ3v) is 11.1. The summed E-state index contributed by atoms with van der Waals surface area (Å²) in [5, 5.41) is 14.6. The molecule has 1 aromatic heterocycles. The van der Waals surface area contributed by atoms with Crippen LogP contribution in [-0.2, 0) is 9.53 Å². The number of aromatic nitrogens is 1. The van der Waals surface area contributed by atoms with Gasteiger partial charge in [0.15, 0.2) is 0 Å². The van der Waals surface area contributed by atoms with Gasteiger partial charge in [-0.15, -0.1) is 17.9 Å². The van der Waals surface area contributed by atoms with Gasteiger partial charge >= 0.3 is 11.9 Å². The van der Waals surface area contributed by atoms with Crippen molar-refractivity contribution in [3.8, 4) is 17.2 Å². The fourth-order valence-electron chi connectivity index (χ4n) is 6.72. The molecule has 1 saturated carbocycles. The van der Waals surface area contributed by atoms with Crippen molar-refractivity contribution in [3.05, 3.63) is 95.5 Å². The van der Waals surface area contributed by atoms with E-state index in [2.05, 4.69) is 18.9 Å². The van der Waals surface area contributed by atoms with Gasteiger partial charge < -0.3 is 29.5 Å². The summed E-state index contributed by atoms with van der Waals surface area (Å²) in [6, 6.07) is 19.8. The Morgan fingerprint density at radius 2 is 1.62 bits per heavy atom. The standard InChI is InChI=1S/C45H57N3O7S/c1-3-29-52-30-13-7-8-14-31-53-36-23-21-35(22-24-36)45(51)55-40-26-25-37(54-44(50)34-19-17-33(4-2)18-20-34)32-38(40)42(48-46-27-11-5-6-12-28-49)43-47-39-15-9-10-16-41(39)56-43/h3,9-10,15-16,21-26,32-34,46,49H,1,4-8,11-14,17-20,27-31H2,2H3. The predicted molar refractivity (Wildman–Crippen MR) is 223 cm³/mol. The molecule has 0 saturated heterocycles. The molecule has 0 unspecified atom stereocenters. The number of fused-ring (bicyclic) bond motifs is 1. The quantitative estimate of drug-likeness (QED) is 0.0178. The van der Waals surface area contributed by atoms with Crippen LogP contribution in [0.1, 0.15) is 111 Å². The van der Waals surface area contributed by atoms with Crippen molar-refractivity contribution in [3.63, 3.8) is 0 Å². The van der Waals surface area contributed by atoms with Gasteiger partial charge in [0.2, 0.25) is 0 Å². The molecule has 0 spiro atoms. The Morgan fingerprint density at radius 1 is 0.893 bits per heavy atom. The summed E-state index contributed by atoms with van der Waals surface area (Å²) in [5.41, 5.74) is 5.33. The Balaban J connectivity index is 1.34. The Hall–Kier alpha value is -4.58. The average Bonchev–Trinajstić information content (AvgIpc) is 3.66. The molecule has 0 atom stereocenters. The van der Waals surface area contributed by atoms with Crippen LogP contribution >= 0.6 is 11.3 Å². The summed E-state index contributed by atoms with van der Waals surface area (Å²) in [5.74, 6) is 1.01. The lowest BCUT2D eigenvalue weighted by Crippen LogP contribution is -2.25. The van der Waals surface area contributed by atoms with E-state index in [0.717, 1.165) is 100 Å². The Bertz CT molecular complexity index is 1820. The van der Waals surface area contributed by atoms with Crippen LogP contribution in [0.15, 0.2) is 84.5 Å². The first-order valence-corrected chi connectivity index (χ1v) is 21.1. The number of rotatable bonds is 24. The summed E-state index contributed by atoms with van der Waals surface area (Å²) < 4.78 is 24.4. The van der Waals surface area contributed by atoms with E-state index in [0.29, 0.717) is 59.0 Å². The van der Waals surface area contributed by atoms with Gasteiger partial charge in [0.25, 0.3) is 0 Å². The summed E-state index contributed by atoms with van der Waals surface area (Å²) >= 11 is 1.48. The van der Waals surface area contributed by atoms with Gasteiger partial charge in [-0.25, -0.2) is 9.78 Å². The highest BCUT2D eigenvalue weighted by Gasteiger charge is 2.28. The highest BCUT2D eigenvalue weighted by molar-refractivity contribution is 7.20. The first kappa shape index (κ1) is 42.6. The van der Waals surface area contributed by atoms with E-state index in [4.69, 9.17) is 34.1 Å². The van der Waals surface area contributed by atoms with Crippen molar-refractivity contribution in [1.82, 2.24) is 10.4 Å². The number of hydrazone groups is 1. The lowest BCUT2D eigenvalue weighted by molar-refractivity contribution is -0.140. The number of aliphatic hydroxyl groups excluding tert-OH is 1. The van der Waals surface area contributed by atoms with Crippen LogP contribution in [0.2, 0.25) is 0 Å². The number of thiazole rings is 1. The van der Waals surface area contributed by atoms with E-state index in [1.165, 1.54) is 11.3 Å². The second kappa shape index (κ2) is 23.5. The van der Waals surface area contributed by atoms with E-state index in [9.17, 15) is 9.59 Å². The molecule has 0 bridgehead atoms. The van der Waals surface area contributed by atoms with Crippen LogP contribution < -0.4 is 19.6 Å². The van der Waals surface area contributed by atoms with Crippen molar-refractivity contribution >= 4 is 39.2 Å². The number of benzene rings is 3. The second-order valence-electron chi connectivity index (χ2n) is 14.2. The van der Waals surface area contributed by atoms with E-state index in [1.54, 1.807) is 48.5 Å². The molecule has 0 aliphatic heterocycles. The predicted octanol–water partition coefficient (Wildman–Crippen LogP) is 9.67. The molecule has 4 aromatic rings. The topological polar surface area (TPSA) is 129 Å². The minimum atomic E-state index is -0.547. The summed E-state index contributed by atoms with van der Waals surface area (Å²) in [6.07, 6.45) is 14.1. The second-order valence-corrected chi connectivity index (χ2v) is 15.3. The number of hydrogen-bond acceptors (Lipinski definition) is 11. The molecule has 1 heterocycles. The Morgan fingerprint density at radius 3 is 2.38 bits per heavy atom. The molecule has 300 valence electrons. The van der Waals surface area contributed by atoms with Gasteiger partial charge in [-0.2, -0.15) is 5.10 Å². The first-order valence-electron chi connectivity index (χ1n) is 20.3. The van der Waals surface area contributed by atoms with Crippen molar-refractivity contribution < 1.29 is 33.6 Å². The van der Waals surface area contributed by atoms with Crippen LogP contribution in [-0.4, -0.2) is 60.7 Å². The number of carbonyl (C=O) groups excluding carboxylic acids is 2. The van der Waals surface area contributed by atoms with E-state index in [-0.39, 0.29) is 24.2 Å². The zero-order valence-electron chi connectivity index (χ0n) is 32.7. The molecule has 11 heteroatoms. The van der Waals surface area contributed by atoms with Crippen LogP contribution in [0.5, 0.6) is 17.2 Å². The number of carbonyl (C=O) groups is 2. The fraction of sp³-hybridized carbons (Fsp3) is 0.467. The fourth-order valence-corrected chi connectivity index (χ4v) is 7.69. The number of esters is 2. The van der Waals surface area contributed by atoms with Crippen molar-refractivity contribution in [2.75, 3.05) is 33.0 Å². The highest BCUT2D eigenvalue weighted by atomic mass is 32.1. The maximum Gasteiger partial charge on any atom is 0.343 e. The zero-order chi connectivity index (χ0) is 39.4. The van der Waals surface area contributed by atoms with Gasteiger partial charge in [-0.05, 0) is 118 Å². The van der Waals surface area contributed by atoms with Crippen LogP contribution in [0.3, 0.4) is 0 Å². The lowest BCUT2D eigenvalue weighted by atomic mass is 9.81. The van der Waals surface area contributed by atoms with Gasteiger partial charge in [0.05, 0.1) is 40.5 Å². The minimum Gasteiger partial charge on any atom is -0.494 e. The molecule has 1 aliphatic carbocycles. The summed E-state index contributed by atoms with van der Waals surface area (Å²) in [6.45, 7) is 8.56. The monoisotopic (exact) mass is 783 g/mol. The van der Waals surface area contributed by atoms with Crippen LogP contribution in [0, 0.1) is 11.8 Å². The number of unbranched alkanes of at least 4 members (excludes halogenated alkanes) is 6. The van der Waals surface area contributed by atoms with E-state index >= 15 is 0 Å². The molecule has 1 fully saturated rings. The van der Waals surface area contributed by atoms with Crippen molar-refractivity contribution in [2.24, 2.45) is 16.9 Å². The molecular formula is C45H57N3O7S. The molecule has 56 heavy (non-hydrogen) atoms. The van der Waals surface area contributed by atoms with Gasteiger partial charge in [-0.1, -0.05) is 50.8 Å². The summed E-state index contributed by atoms with van der Waals surface area (Å²) in [7, 11) is 0. The third kappa shape index (κ3) is 13.3. The lowest BCUT2D eigenvalue weighted by Gasteiger charge is -2.26. The smallest absolute Gasteiger partial charge is 0.343 e. The number of ether oxygens (including phenoxy) is 4. The maximum absolute atomic E-state index is 13.7. The number of para-hydroxylation sites is 1. The number of nitrogens with zero attached hydrogens (tertiary/aromatic N) is 2. The van der Waals surface area contributed by atoms with Gasteiger partial charge in [0, 0.05) is 19.8 Å². The van der Waals surface area contributed by atoms with Crippen molar-refractivity contribution in [1.29, 1.82) is 0 Å². The van der Waals surface area contributed by atoms with Crippen LogP contribution in [0.4, 0.5) is 0 Å². The molecule has 1 aliphatic rings. The SMILES string of the molecule is C=CCOCCCCCCOc1ccc(C(=O)Oc2ccc(OC(=O)C3CCC(CC)CC3)cc2C(=NNCCCCCCO)c2nc3ccccc3s2)cc1. The molecular weight excluding hydrogens is 727 g/mol. The van der Waals surface area contributed by atoms with Crippen molar-refractivity contribution in [2.45, 2.75) is 90.4 Å². The van der Waals surface area contributed by atoms with E-state index in [1.807, 2.05) is 24.3 Å². The Kier molecular flexibility index (Phi) is 17.8. The van der Waals surface area contributed by atoms with Crippen LogP contribution in [0.25, 0.3) is 10.2 Å². The molecule has 0 radical (unpaired) electrons. The first-order chi connectivity index (χ1) is 27.5. The average molecular weight is 784 g/mol. The molecule has 5 rings (SSSR count). The third-order valence-electron chi connectivity index (χ3n) is 10.0. The number of aliphatic hydroxyl groups is 1.